The van der Waals surface area contributed by atoms with Crippen molar-refractivity contribution in [2.75, 3.05) is 4.90 Å². The van der Waals surface area contributed by atoms with Gasteiger partial charge in [0.25, 0.3) is 0 Å². The zero-order valence-corrected chi connectivity index (χ0v) is 30.0. The van der Waals surface area contributed by atoms with E-state index < -0.39 is 0 Å². The van der Waals surface area contributed by atoms with Crippen LogP contribution in [0, 0.1) is 23.7 Å². The van der Waals surface area contributed by atoms with Gasteiger partial charge in [-0.3, -0.25) is 0 Å². The predicted octanol–water partition coefficient (Wildman–Crippen LogP) is 13.9. The molecule has 3 saturated carbocycles. The molecule has 7 aromatic rings. The molecule has 0 aliphatic heterocycles. The fraction of sp³-hybridized carbons (Fsp3) is 0.192. The van der Waals surface area contributed by atoms with E-state index in [0.29, 0.717) is 0 Å². The van der Waals surface area contributed by atoms with Crippen molar-refractivity contribution in [3.05, 3.63) is 187 Å². The Balaban J connectivity index is 1.01. The van der Waals surface area contributed by atoms with Crippen LogP contribution in [0.25, 0.3) is 44.5 Å². The molecule has 2 bridgehead atoms. The van der Waals surface area contributed by atoms with Crippen LogP contribution in [0.1, 0.15) is 43.2 Å². The van der Waals surface area contributed by atoms with E-state index in [1.165, 1.54) is 82.3 Å². The van der Waals surface area contributed by atoms with Crippen molar-refractivity contribution < 1.29 is 0 Å². The second kappa shape index (κ2) is 12.2. The van der Waals surface area contributed by atoms with E-state index in [4.69, 9.17) is 0 Å². The summed E-state index contributed by atoms with van der Waals surface area (Å²) in [5, 5.41) is 0. The van der Waals surface area contributed by atoms with Gasteiger partial charge in [0, 0.05) is 22.4 Å². The van der Waals surface area contributed by atoms with Crippen LogP contribution in [0.4, 0.5) is 17.1 Å². The minimum atomic E-state index is 0.182. The molecule has 11 rings (SSSR count). The number of hydrogen-bond donors (Lipinski definition) is 0. The number of nitrogens with zero attached hydrogens (tertiary/aromatic N) is 1. The molecule has 4 aliphatic rings. The van der Waals surface area contributed by atoms with Crippen LogP contribution in [0.3, 0.4) is 0 Å². The Morgan fingerprint density at radius 1 is 0.415 bits per heavy atom. The number of benzene rings is 7. The highest BCUT2D eigenvalue weighted by Crippen LogP contribution is 2.71. The maximum absolute atomic E-state index is 2.61. The molecular formula is C52H43N. The summed E-state index contributed by atoms with van der Waals surface area (Å²) in [4.78, 5) is 2.42. The van der Waals surface area contributed by atoms with Crippen LogP contribution in [0.2, 0.25) is 0 Å². The Labute approximate surface area is 313 Å². The number of anilines is 3. The van der Waals surface area contributed by atoms with E-state index in [2.05, 4.69) is 181 Å². The zero-order chi connectivity index (χ0) is 34.9. The molecule has 1 spiro atoms. The van der Waals surface area contributed by atoms with Gasteiger partial charge in [-0.25, -0.2) is 0 Å². The van der Waals surface area contributed by atoms with Gasteiger partial charge in [0.2, 0.25) is 0 Å². The quantitative estimate of drug-likeness (QED) is 0.169. The maximum atomic E-state index is 2.61. The van der Waals surface area contributed by atoms with Crippen LogP contribution >= 0.6 is 0 Å². The molecule has 0 heterocycles. The van der Waals surface area contributed by atoms with Gasteiger partial charge in [-0.1, -0.05) is 140 Å². The summed E-state index contributed by atoms with van der Waals surface area (Å²) in [6.45, 7) is 0. The Hall–Kier alpha value is -5.66. The fourth-order valence-electron chi connectivity index (χ4n) is 11.6. The van der Waals surface area contributed by atoms with Crippen molar-refractivity contribution in [3.63, 3.8) is 0 Å². The fourth-order valence-corrected chi connectivity index (χ4v) is 11.6. The molecule has 0 radical (unpaired) electrons. The highest BCUT2D eigenvalue weighted by Gasteiger charge is 2.64. The molecule has 5 atom stereocenters. The van der Waals surface area contributed by atoms with Crippen LogP contribution in [0.15, 0.2) is 176 Å². The average molecular weight is 682 g/mol. The third-order valence-corrected chi connectivity index (χ3v) is 13.7. The van der Waals surface area contributed by atoms with Gasteiger partial charge >= 0.3 is 0 Å². The first-order valence-corrected chi connectivity index (χ1v) is 19.7. The van der Waals surface area contributed by atoms with Crippen molar-refractivity contribution in [1.29, 1.82) is 0 Å². The lowest BCUT2D eigenvalue weighted by atomic mass is 9.63. The molecule has 0 amide bonds. The minimum Gasteiger partial charge on any atom is -0.310 e. The van der Waals surface area contributed by atoms with Crippen LogP contribution < -0.4 is 4.90 Å². The highest BCUT2D eigenvalue weighted by molar-refractivity contribution is 5.90. The van der Waals surface area contributed by atoms with Crippen molar-refractivity contribution in [2.45, 2.75) is 37.5 Å². The summed E-state index contributed by atoms with van der Waals surface area (Å²) in [6.07, 6.45) is 7.07. The Bertz CT molecular complexity index is 2450. The Morgan fingerprint density at radius 3 is 1.70 bits per heavy atom. The number of hydrogen-bond acceptors (Lipinski definition) is 1. The summed E-state index contributed by atoms with van der Waals surface area (Å²) in [5.74, 6) is 3.40. The molecule has 1 nitrogen and oxygen atoms in total. The molecule has 7 aromatic carbocycles. The van der Waals surface area contributed by atoms with Gasteiger partial charge in [0.15, 0.2) is 0 Å². The maximum Gasteiger partial charge on any atom is 0.0540 e. The van der Waals surface area contributed by atoms with E-state index >= 15 is 0 Å². The number of rotatable bonds is 6. The normalized spacial score (nSPS) is 23.2. The minimum absolute atomic E-state index is 0.182. The summed E-state index contributed by atoms with van der Waals surface area (Å²) in [7, 11) is 0. The molecule has 5 unspecified atom stereocenters. The van der Waals surface area contributed by atoms with Crippen LogP contribution in [0.5, 0.6) is 0 Å². The molecule has 4 aliphatic carbocycles. The topological polar surface area (TPSA) is 3.24 Å². The summed E-state index contributed by atoms with van der Waals surface area (Å²) in [6, 6.07) is 65.5. The van der Waals surface area contributed by atoms with Crippen molar-refractivity contribution in [3.8, 4) is 44.5 Å². The molecule has 3 fully saturated rings. The highest BCUT2D eigenvalue weighted by atomic mass is 15.1. The SMILES string of the molecule is c1ccc(-c2ccc(N(c3ccc(-c4ccc5c(c4)C4(c6ccccc6-5)C5CCC6CCC4C6C5)cc3)c3ccccc3-c3ccccc3)cc2)cc1. The van der Waals surface area contributed by atoms with E-state index in [1.807, 2.05) is 0 Å². The van der Waals surface area contributed by atoms with E-state index in [-0.39, 0.29) is 5.41 Å². The van der Waals surface area contributed by atoms with Crippen molar-refractivity contribution >= 4 is 17.1 Å². The third-order valence-electron chi connectivity index (χ3n) is 13.7. The number of fused-ring (bicyclic) bond motifs is 8. The van der Waals surface area contributed by atoms with Gasteiger partial charge in [-0.2, -0.15) is 0 Å². The molecule has 0 N–H and O–H groups in total. The van der Waals surface area contributed by atoms with Crippen molar-refractivity contribution in [2.24, 2.45) is 23.7 Å². The molecule has 1 heteroatoms. The first kappa shape index (κ1) is 30.9. The van der Waals surface area contributed by atoms with Crippen LogP contribution in [-0.4, -0.2) is 0 Å². The smallest absolute Gasteiger partial charge is 0.0540 e. The Kier molecular flexibility index (Phi) is 7.12. The lowest BCUT2D eigenvalue weighted by Crippen LogP contribution is -2.36. The van der Waals surface area contributed by atoms with Crippen LogP contribution in [-0.2, 0) is 5.41 Å². The largest absolute Gasteiger partial charge is 0.310 e. The summed E-state index contributed by atoms with van der Waals surface area (Å²) < 4.78 is 0. The molecule has 0 saturated heterocycles. The first-order chi connectivity index (χ1) is 26.3. The van der Waals surface area contributed by atoms with Gasteiger partial charge in [-0.05, 0) is 142 Å². The summed E-state index contributed by atoms with van der Waals surface area (Å²) in [5.41, 5.74) is 17.4. The van der Waals surface area contributed by atoms with E-state index in [0.717, 1.165) is 35.0 Å². The first-order valence-electron chi connectivity index (χ1n) is 19.7. The standard InChI is InChI=1S/C52H43N/c1-3-11-35(12-4-1)36-20-27-42(28-21-36)53(51-18-10-8-15-44(51)38-13-5-2-6-14-38)43-29-22-37(23-30-43)40-24-31-46-45-16-7-9-17-48(45)52(50(46)33-40)41-26-19-39-25-32-49(52)47(39)34-41/h1-18,20-24,27-31,33,39,41,47,49H,19,25-26,32,34H2. The predicted molar refractivity (Wildman–Crippen MR) is 221 cm³/mol. The van der Waals surface area contributed by atoms with Gasteiger partial charge < -0.3 is 4.90 Å². The monoisotopic (exact) mass is 681 g/mol. The lowest BCUT2D eigenvalue weighted by Gasteiger charge is -2.39. The van der Waals surface area contributed by atoms with E-state index in [9.17, 15) is 0 Å². The molecular weight excluding hydrogens is 639 g/mol. The molecule has 256 valence electrons. The van der Waals surface area contributed by atoms with E-state index in [1.54, 1.807) is 11.1 Å². The number of para-hydroxylation sites is 1. The lowest BCUT2D eigenvalue weighted by molar-refractivity contribution is 0.243. The Morgan fingerprint density at radius 2 is 0.962 bits per heavy atom. The third kappa shape index (κ3) is 4.69. The molecule has 53 heavy (non-hydrogen) atoms. The summed E-state index contributed by atoms with van der Waals surface area (Å²) >= 11 is 0. The van der Waals surface area contributed by atoms with Crippen molar-refractivity contribution in [1.82, 2.24) is 0 Å². The zero-order valence-electron chi connectivity index (χ0n) is 30.0. The van der Waals surface area contributed by atoms with Gasteiger partial charge in [-0.15, -0.1) is 0 Å². The average Bonchev–Trinajstić information content (AvgIpc) is 3.87. The second-order valence-electron chi connectivity index (χ2n) is 16.0. The molecule has 0 aromatic heterocycles. The van der Waals surface area contributed by atoms with Gasteiger partial charge in [0.1, 0.15) is 0 Å². The van der Waals surface area contributed by atoms with Gasteiger partial charge in [0.05, 0.1) is 5.69 Å². The second-order valence-corrected chi connectivity index (χ2v) is 16.0.